The molecule has 1 heterocycles. The van der Waals surface area contributed by atoms with Crippen LogP contribution in [0.15, 0.2) is 68.5 Å². The van der Waals surface area contributed by atoms with Crippen LogP contribution >= 0.6 is 22.6 Å². The number of esters is 1. The minimum absolute atomic E-state index is 0.0490. The Bertz CT molecular complexity index is 1360. The highest BCUT2D eigenvalue weighted by Crippen LogP contribution is 2.42. The Hall–Kier alpha value is -2.22. The maximum atomic E-state index is 13.4. The number of β-lactam (4-membered cyclic amide) rings is 1. The first-order valence-corrected chi connectivity index (χ1v) is 19.0. The zero-order chi connectivity index (χ0) is 30.6. The molecule has 0 radical (unpaired) electrons. The lowest BCUT2D eigenvalue weighted by Crippen LogP contribution is -2.66. The zero-order valence-electron chi connectivity index (χ0n) is 24.7. The second-order valence-corrected chi connectivity index (χ2v) is 19.7. The number of carbonyl (C=O) groups excluding carboxylic acids is 2. The topological polar surface area (TPSA) is 99.2 Å². The second kappa shape index (κ2) is 13.4. The number of halogens is 1. The lowest BCUT2D eigenvalue weighted by Gasteiger charge is -2.51. The number of sulfone groups is 1. The molecule has 1 fully saturated rings. The van der Waals surface area contributed by atoms with Crippen LogP contribution in [0.2, 0.25) is 18.1 Å². The number of amides is 1. The molecule has 1 saturated heterocycles. The van der Waals surface area contributed by atoms with E-state index in [-0.39, 0.29) is 35.4 Å². The standard InChI is InChI=1S/C30H40INO7SSi/c1-21(39-41(6,7)30(2,3)4)28-26(17-23(31)20-40(35,36)25-11-9-8-10-12-25)32(29(28)34)18-27(33)38-19-22-13-15-24(37-5)16-14-22/h8-16,20-21,26,28H,17-19H2,1-7H3/t21-,26+,28+/m1/s1. The molecule has 0 unspecified atom stereocenters. The van der Waals surface area contributed by atoms with E-state index in [9.17, 15) is 18.0 Å². The highest BCUT2D eigenvalue weighted by molar-refractivity contribution is 14.1. The number of likely N-dealkylation sites (tertiary alicyclic amines) is 1. The van der Waals surface area contributed by atoms with Gasteiger partial charge in [0.25, 0.3) is 0 Å². The first kappa shape index (κ1) is 33.3. The van der Waals surface area contributed by atoms with Crippen molar-refractivity contribution in [3.05, 3.63) is 69.1 Å². The Balaban J connectivity index is 1.78. The van der Waals surface area contributed by atoms with Crippen LogP contribution in [-0.4, -0.2) is 59.3 Å². The van der Waals surface area contributed by atoms with Crippen molar-refractivity contribution in [1.82, 2.24) is 4.90 Å². The van der Waals surface area contributed by atoms with Crippen LogP contribution in [-0.2, 0) is 35.2 Å². The zero-order valence-corrected chi connectivity index (χ0v) is 28.7. The first-order chi connectivity index (χ1) is 19.1. The lowest BCUT2D eigenvalue weighted by molar-refractivity contribution is -0.170. The summed E-state index contributed by atoms with van der Waals surface area (Å²) in [5.74, 6) is -0.536. The average Bonchev–Trinajstić information content (AvgIpc) is 2.90. The molecular weight excluding hydrogens is 673 g/mol. The number of nitrogens with zero attached hydrogens (tertiary/aromatic N) is 1. The smallest absolute Gasteiger partial charge is 0.325 e. The summed E-state index contributed by atoms with van der Waals surface area (Å²) in [4.78, 5) is 27.9. The molecule has 1 aliphatic heterocycles. The monoisotopic (exact) mass is 713 g/mol. The van der Waals surface area contributed by atoms with E-state index in [1.165, 1.54) is 10.3 Å². The van der Waals surface area contributed by atoms with E-state index in [0.29, 0.717) is 9.33 Å². The average molecular weight is 714 g/mol. The van der Waals surface area contributed by atoms with Crippen LogP contribution in [0, 0.1) is 5.92 Å². The van der Waals surface area contributed by atoms with Gasteiger partial charge >= 0.3 is 5.97 Å². The van der Waals surface area contributed by atoms with E-state index in [0.717, 1.165) is 5.56 Å². The largest absolute Gasteiger partial charge is 0.497 e. The Morgan fingerprint density at radius 1 is 1.10 bits per heavy atom. The van der Waals surface area contributed by atoms with Gasteiger partial charge in [-0.1, -0.05) is 51.1 Å². The molecule has 1 aliphatic rings. The van der Waals surface area contributed by atoms with E-state index >= 15 is 0 Å². The van der Waals surface area contributed by atoms with Gasteiger partial charge in [0, 0.05) is 15.4 Å². The molecule has 0 spiro atoms. The van der Waals surface area contributed by atoms with Crippen LogP contribution in [0.1, 0.15) is 39.7 Å². The third-order valence-electron chi connectivity index (χ3n) is 7.79. The van der Waals surface area contributed by atoms with Crippen molar-refractivity contribution in [1.29, 1.82) is 0 Å². The molecule has 0 N–H and O–H groups in total. The van der Waals surface area contributed by atoms with Crippen LogP contribution < -0.4 is 4.74 Å². The molecule has 2 aromatic carbocycles. The van der Waals surface area contributed by atoms with Crippen LogP contribution in [0.4, 0.5) is 0 Å². The van der Waals surface area contributed by atoms with Crippen LogP contribution in [0.3, 0.4) is 0 Å². The lowest BCUT2D eigenvalue weighted by atomic mass is 9.81. The van der Waals surface area contributed by atoms with Gasteiger partial charge in [-0.2, -0.15) is 0 Å². The number of rotatable bonds is 12. The summed E-state index contributed by atoms with van der Waals surface area (Å²) < 4.78 is 43.7. The summed E-state index contributed by atoms with van der Waals surface area (Å²) in [6.07, 6.45) is -0.116. The number of hydrogen-bond acceptors (Lipinski definition) is 7. The van der Waals surface area contributed by atoms with E-state index < -0.39 is 42.2 Å². The van der Waals surface area contributed by atoms with E-state index in [1.54, 1.807) is 61.7 Å². The van der Waals surface area contributed by atoms with Gasteiger partial charge in [-0.15, -0.1) is 0 Å². The van der Waals surface area contributed by atoms with Crippen molar-refractivity contribution >= 4 is 52.6 Å². The van der Waals surface area contributed by atoms with Crippen molar-refractivity contribution < 1.29 is 31.9 Å². The molecule has 3 atom stereocenters. The molecule has 0 aromatic heterocycles. The molecule has 0 saturated carbocycles. The predicted octanol–water partition coefficient (Wildman–Crippen LogP) is 6.12. The molecule has 3 rings (SSSR count). The maximum Gasteiger partial charge on any atom is 0.325 e. The normalized spacial score (nSPS) is 19.0. The van der Waals surface area contributed by atoms with Gasteiger partial charge in [-0.05, 0) is 77.5 Å². The summed E-state index contributed by atoms with van der Waals surface area (Å²) in [5, 5.41) is 1.19. The van der Waals surface area contributed by atoms with E-state index in [2.05, 4.69) is 33.9 Å². The van der Waals surface area contributed by atoms with Crippen molar-refractivity contribution in [2.75, 3.05) is 13.7 Å². The molecule has 8 nitrogen and oxygen atoms in total. The van der Waals surface area contributed by atoms with Gasteiger partial charge < -0.3 is 18.8 Å². The molecule has 224 valence electrons. The highest BCUT2D eigenvalue weighted by atomic mass is 127. The fourth-order valence-corrected chi connectivity index (χ4v) is 8.45. The van der Waals surface area contributed by atoms with E-state index in [4.69, 9.17) is 13.9 Å². The number of methoxy groups -OCH3 is 1. The molecule has 0 aliphatic carbocycles. The van der Waals surface area contributed by atoms with Gasteiger partial charge in [-0.3, -0.25) is 9.59 Å². The quantitative estimate of drug-likeness (QED) is 0.113. The first-order valence-electron chi connectivity index (χ1n) is 13.5. The summed E-state index contributed by atoms with van der Waals surface area (Å²) in [7, 11) is -4.28. The fraction of sp³-hybridized carbons (Fsp3) is 0.467. The summed E-state index contributed by atoms with van der Waals surface area (Å²) in [6.45, 7) is 12.4. The van der Waals surface area contributed by atoms with Crippen LogP contribution in [0.5, 0.6) is 5.75 Å². The minimum Gasteiger partial charge on any atom is -0.497 e. The number of ether oxygens (including phenoxy) is 2. The van der Waals surface area contributed by atoms with Gasteiger partial charge in [0.05, 0.1) is 30.1 Å². The summed E-state index contributed by atoms with van der Waals surface area (Å²) in [5.41, 5.74) is 0.795. The van der Waals surface area contributed by atoms with Crippen LogP contribution in [0.25, 0.3) is 0 Å². The summed E-state index contributed by atoms with van der Waals surface area (Å²) in [6, 6.07) is 15.0. The van der Waals surface area contributed by atoms with Gasteiger partial charge in [-0.25, -0.2) is 8.42 Å². The molecule has 2 aromatic rings. The molecule has 0 bridgehead atoms. The second-order valence-electron chi connectivity index (χ2n) is 11.8. The fourth-order valence-electron chi connectivity index (χ4n) is 4.46. The molecule has 1 amide bonds. The van der Waals surface area contributed by atoms with Gasteiger partial charge in [0.2, 0.25) is 15.7 Å². The minimum atomic E-state index is -3.67. The van der Waals surface area contributed by atoms with Crippen molar-refractivity contribution in [2.24, 2.45) is 5.92 Å². The highest BCUT2D eigenvalue weighted by Gasteiger charge is 2.52. The molecule has 11 heteroatoms. The van der Waals surface area contributed by atoms with Crippen molar-refractivity contribution in [2.45, 2.75) is 75.9 Å². The van der Waals surface area contributed by atoms with Gasteiger partial charge in [0.15, 0.2) is 8.32 Å². The van der Waals surface area contributed by atoms with E-state index in [1.807, 2.05) is 29.5 Å². The third-order valence-corrected chi connectivity index (χ3v) is 15.1. The number of carbonyl (C=O) groups is 2. The predicted molar refractivity (Wildman–Crippen MR) is 170 cm³/mol. The Morgan fingerprint density at radius 3 is 2.27 bits per heavy atom. The molecular formula is C30H40INO7SSi. The number of benzene rings is 2. The Morgan fingerprint density at radius 2 is 1.71 bits per heavy atom. The molecule has 41 heavy (non-hydrogen) atoms. The SMILES string of the molecule is COc1ccc(COC(=O)CN2C(=O)[C@@H]([C@@H](C)O[Si](C)(C)C(C)(C)C)[C@@H]2CC(I)=CS(=O)(=O)c2ccccc2)cc1. The number of hydrogen-bond donors (Lipinski definition) is 0. The Labute approximate surface area is 258 Å². The van der Waals surface area contributed by atoms with Crippen molar-refractivity contribution in [3.8, 4) is 5.75 Å². The Kier molecular flexibility index (Phi) is 10.9. The third kappa shape index (κ3) is 8.42. The summed E-state index contributed by atoms with van der Waals surface area (Å²) >= 11 is 2.01. The maximum absolute atomic E-state index is 13.4. The van der Waals surface area contributed by atoms with Gasteiger partial charge in [0.1, 0.15) is 18.9 Å². The van der Waals surface area contributed by atoms with Crippen molar-refractivity contribution in [3.63, 3.8) is 0 Å².